The second-order valence-corrected chi connectivity index (χ2v) is 6.56. The molecule has 2 atom stereocenters. The summed E-state index contributed by atoms with van der Waals surface area (Å²) in [6.45, 7) is 5.19. The lowest BCUT2D eigenvalue weighted by atomic mass is 9.79. The molecule has 1 fully saturated rings. The summed E-state index contributed by atoms with van der Waals surface area (Å²) < 4.78 is 0. The Hall–Kier alpha value is -0.380. The zero-order chi connectivity index (χ0) is 12.1. The van der Waals surface area contributed by atoms with Crippen molar-refractivity contribution in [2.75, 3.05) is 13.1 Å². The fourth-order valence-electron chi connectivity index (χ4n) is 2.82. The van der Waals surface area contributed by atoms with Crippen LogP contribution in [0, 0.1) is 18.8 Å². The zero-order valence-corrected chi connectivity index (χ0v) is 11.6. The lowest BCUT2D eigenvalue weighted by Crippen LogP contribution is -2.34. The van der Waals surface area contributed by atoms with Crippen LogP contribution in [0.2, 0.25) is 0 Å². The molecule has 2 unspecified atom stereocenters. The van der Waals surface area contributed by atoms with E-state index in [1.54, 1.807) is 0 Å². The standard InChI is InChI=1S/C14H24N2S/c1-11-6-7-14(17-11)10-16-9-13-5-3-2-4-12(13)8-15/h6-7,12-13,16H,2-5,8-10,15H2,1H3. The number of nitrogens with one attached hydrogen (secondary N) is 1. The number of hydrogen-bond donors (Lipinski definition) is 2. The Morgan fingerprint density at radius 2 is 2.06 bits per heavy atom. The highest BCUT2D eigenvalue weighted by molar-refractivity contribution is 7.11. The lowest BCUT2D eigenvalue weighted by molar-refractivity contribution is 0.236. The summed E-state index contributed by atoms with van der Waals surface area (Å²) >= 11 is 1.89. The van der Waals surface area contributed by atoms with E-state index in [4.69, 9.17) is 5.73 Å². The highest BCUT2D eigenvalue weighted by Crippen LogP contribution is 2.28. The second-order valence-electron chi connectivity index (χ2n) is 5.18. The molecule has 0 aliphatic heterocycles. The molecule has 3 N–H and O–H groups in total. The van der Waals surface area contributed by atoms with Crippen molar-refractivity contribution in [3.63, 3.8) is 0 Å². The van der Waals surface area contributed by atoms with Gasteiger partial charge in [0.25, 0.3) is 0 Å². The minimum absolute atomic E-state index is 0.751. The van der Waals surface area contributed by atoms with Gasteiger partial charge in [-0.05, 0) is 56.8 Å². The van der Waals surface area contributed by atoms with Gasteiger partial charge in [-0.1, -0.05) is 12.8 Å². The van der Waals surface area contributed by atoms with Crippen LogP contribution in [0.5, 0.6) is 0 Å². The highest BCUT2D eigenvalue weighted by Gasteiger charge is 2.23. The van der Waals surface area contributed by atoms with Gasteiger partial charge in [-0.15, -0.1) is 11.3 Å². The molecular formula is C14H24N2S. The van der Waals surface area contributed by atoms with Crippen molar-refractivity contribution in [2.24, 2.45) is 17.6 Å². The van der Waals surface area contributed by atoms with Gasteiger partial charge in [0.2, 0.25) is 0 Å². The molecule has 1 heterocycles. The second kappa shape index (κ2) is 6.53. The van der Waals surface area contributed by atoms with Crippen molar-refractivity contribution in [3.05, 3.63) is 21.9 Å². The molecule has 0 amide bonds. The van der Waals surface area contributed by atoms with Crippen LogP contribution < -0.4 is 11.1 Å². The first-order chi connectivity index (χ1) is 8.29. The predicted molar refractivity (Wildman–Crippen MR) is 75.3 cm³/mol. The largest absolute Gasteiger partial charge is 0.330 e. The molecular weight excluding hydrogens is 228 g/mol. The van der Waals surface area contributed by atoms with E-state index < -0.39 is 0 Å². The van der Waals surface area contributed by atoms with Gasteiger partial charge in [0.15, 0.2) is 0 Å². The summed E-state index contributed by atoms with van der Waals surface area (Å²) in [5, 5.41) is 3.60. The van der Waals surface area contributed by atoms with Crippen LogP contribution in [0.3, 0.4) is 0 Å². The van der Waals surface area contributed by atoms with Gasteiger partial charge in [-0.3, -0.25) is 0 Å². The monoisotopic (exact) mass is 252 g/mol. The average Bonchev–Trinajstić information content (AvgIpc) is 2.76. The summed E-state index contributed by atoms with van der Waals surface area (Å²) in [4.78, 5) is 2.85. The molecule has 1 aromatic rings. The molecule has 1 aliphatic rings. The van der Waals surface area contributed by atoms with Crippen LogP contribution in [-0.4, -0.2) is 13.1 Å². The SMILES string of the molecule is Cc1ccc(CNCC2CCCCC2CN)s1. The summed E-state index contributed by atoms with van der Waals surface area (Å²) in [5.41, 5.74) is 5.85. The number of thiophene rings is 1. The van der Waals surface area contributed by atoms with E-state index in [1.807, 2.05) is 11.3 Å². The van der Waals surface area contributed by atoms with Crippen LogP contribution in [-0.2, 0) is 6.54 Å². The normalized spacial score (nSPS) is 25.1. The summed E-state index contributed by atoms with van der Waals surface area (Å²) in [7, 11) is 0. The first-order valence-electron chi connectivity index (χ1n) is 6.75. The van der Waals surface area contributed by atoms with E-state index in [0.29, 0.717) is 0 Å². The van der Waals surface area contributed by atoms with Gasteiger partial charge in [-0.25, -0.2) is 0 Å². The molecule has 3 heteroatoms. The van der Waals surface area contributed by atoms with Crippen molar-refractivity contribution in [1.29, 1.82) is 0 Å². The van der Waals surface area contributed by atoms with Crippen LogP contribution in [0.1, 0.15) is 35.4 Å². The third-order valence-electron chi connectivity index (χ3n) is 3.87. The Kier molecular flexibility index (Phi) is 5.01. The van der Waals surface area contributed by atoms with E-state index in [9.17, 15) is 0 Å². The quantitative estimate of drug-likeness (QED) is 0.845. The smallest absolute Gasteiger partial charge is 0.0299 e. The minimum Gasteiger partial charge on any atom is -0.330 e. The van der Waals surface area contributed by atoms with Crippen molar-refractivity contribution in [3.8, 4) is 0 Å². The molecule has 1 aliphatic carbocycles. The summed E-state index contributed by atoms with van der Waals surface area (Å²) in [6, 6.07) is 4.43. The van der Waals surface area contributed by atoms with Gasteiger partial charge >= 0.3 is 0 Å². The molecule has 0 saturated heterocycles. The van der Waals surface area contributed by atoms with E-state index in [1.165, 1.54) is 35.4 Å². The van der Waals surface area contributed by atoms with Crippen LogP contribution in [0.4, 0.5) is 0 Å². The van der Waals surface area contributed by atoms with Crippen molar-refractivity contribution in [1.82, 2.24) is 5.32 Å². The van der Waals surface area contributed by atoms with E-state index >= 15 is 0 Å². The number of aryl methyl sites for hydroxylation is 1. The lowest BCUT2D eigenvalue weighted by Gasteiger charge is -2.30. The molecule has 0 spiro atoms. The van der Waals surface area contributed by atoms with Crippen LogP contribution in [0.25, 0.3) is 0 Å². The molecule has 1 aromatic heterocycles. The van der Waals surface area contributed by atoms with Gasteiger partial charge in [0.1, 0.15) is 0 Å². The van der Waals surface area contributed by atoms with Gasteiger partial charge in [0.05, 0.1) is 0 Å². The first-order valence-corrected chi connectivity index (χ1v) is 7.57. The molecule has 0 bridgehead atoms. The van der Waals surface area contributed by atoms with Gasteiger partial charge < -0.3 is 11.1 Å². The first kappa shape index (κ1) is 13.1. The Labute approximate surface area is 109 Å². The molecule has 2 rings (SSSR count). The number of hydrogen-bond acceptors (Lipinski definition) is 3. The summed E-state index contributed by atoms with van der Waals surface area (Å²) in [6.07, 6.45) is 5.46. The third-order valence-corrected chi connectivity index (χ3v) is 4.87. The van der Waals surface area contributed by atoms with Crippen molar-refractivity contribution < 1.29 is 0 Å². The Morgan fingerprint density at radius 3 is 2.71 bits per heavy atom. The maximum atomic E-state index is 5.85. The molecule has 1 saturated carbocycles. The molecule has 17 heavy (non-hydrogen) atoms. The fraction of sp³-hybridized carbons (Fsp3) is 0.714. The Morgan fingerprint density at radius 1 is 1.29 bits per heavy atom. The highest BCUT2D eigenvalue weighted by atomic mass is 32.1. The molecule has 2 nitrogen and oxygen atoms in total. The van der Waals surface area contributed by atoms with Crippen LogP contribution >= 0.6 is 11.3 Å². The minimum atomic E-state index is 0.751. The van der Waals surface area contributed by atoms with Crippen molar-refractivity contribution in [2.45, 2.75) is 39.2 Å². The predicted octanol–water partition coefficient (Wildman–Crippen LogP) is 2.91. The Bertz CT molecular complexity index is 335. The average molecular weight is 252 g/mol. The van der Waals surface area contributed by atoms with Crippen LogP contribution in [0.15, 0.2) is 12.1 Å². The van der Waals surface area contributed by atoms with Gasteiger partial charge in [0, 0.05) is 16.3 Å². The topological polar surface area (TPSA) is 38.0 Å². The van der Waals surface area contributed by atoms with Gasteiger partial charge in [-0.2, -0.15) is 0 Å². The summed E-state index contributed by atoms with van der Waals surface area (Å²) in [5.74, 6) is 1.55. The third kappa shape index (κ3) is 3.80. The fourth-order valence-corrected chi connectivity index (χ4v) is 3.68. The maximum absolute atomic E-state index is 5.85. The zero-order valence-electron chi connectivity index (χ0n) is 10.7. The van der Waals surface area contributed by atoms with Crippen molar-refractivity contribution >= 4 is 11.3 Å². The maximum Gasteiger partial charge on any atom is 0.0299 e. The van der Waals surface area contributed by atoms with E-state index in [-0.39, 0.29) is 0 Å². The molecule has 0 radical (unpaired) electrons. The Balaban J connectivity index is 1.73. The molecule has 0 aromatic carbocycles. The number of rotatable bonds is 5. The van der Waals surface area contributed by atoms with E-state index in [2.05, 4.69) is 24.4 Å². The number of nitrogens with two attached hydrogens (primary N) is 1. The molecule has 96 valence electrons. The van der Waals surface area contributed by atoms with E-state index in [0.717, 1.165) is 31.5 Å².